The summed E-state index contributed by atoms with van der Waals surface area (Å²) < 4.78 is 5.24. The highest BCUT2D eigenvalue weighted by Crippen LogP contribution is 1.92. The van der Waals surface area contributed by atoms with Crippen LogP contribution in [0.25, 0.3) is 0 Å². The van der Waals surface area contributed by atoms with Gasteiger partial charge in [0.1, 0.15) is 0 Å². The molecule has 4 nitrogen and oxygen atoms in total. The molecule has 0 rings (SSSR count). The molecule has 0 fully saturated rings. The molecule has 0 saturated heterocycles. The first-order chi connectivity index (χ1) is 7.22. The minimum absolute atomic E-state index is 0. The van der Waals surface area contributed by atoms with Crippen molar-refractivity contribution in [3.05, 3.63) is 12.7 Å². The molecule has 96 valence electrons. The number of nitrogens with one attached hydrogen (secondary N) is 1. The Labute approximate surface area is 104 Å². The van der Waals surface area contributed by atoms with Crippen molar-refractivity contribution in [2.75, 3.05) is 19.8 Å². The number of carbonyl (C=O) groups is 1. The first-order valence-corrected chi connectivity index (χ1v) is 5.44. The van der Waals surface area contributed by atoms with Crippen molar-refractivity contribution in [2.45, 2.75) is 32.2 Å². The second kappa shape index (κ2) is 12.5. The summed E-state index contributed by atoms with van der Waals surface area (Å²) in [5, 5.41) is 2.73. The second-order valence-electron chi connectivity index (χ2n) is 3.38. The van der Waals surface area contributed by atoms with E-state index in [-0.39, 0.29) is 24.4 Å². The fourth-order valence-electron chi connectivity index (χ4n) is 1.09. The zero-order valence-corrected chi connectivity index (χ0v) is 10.7. The predicted octanol–water partition coefficient (Wildman–Crippen LogP) is 1.24. The first kappa shape index (κ1) is 17.8. The van der Waals surface area contributed by atoms with Gasteiger partial charge >= 0.3 is 0 Å². The van der Waals surface area contributed by atoms with Gasteiger partial charge in [0.15, 0.2) is 0 Å². The molecule has 0 saturated carbocycles. The van der Waals surface area contributed by atoms with Gasteiger partial charge in [-0.3, -0.25) is 4.79 Å². The molecule has 0 radical (unpaired) electrons. The molecule has 0 aromatic heterocycles. The lowest BCUT2D eigenvalue weighted by atomic mass is 10.2. The molecular weight excluding hydrogens is 228 g/mol. The number of amides is 1. The van der Waals surface area contributed by atoms with Crippen molar-refractivity contribution in [3.63, 3.8) is 0 Å². The Hall–Kier alpha value is -0.580. The van der Waals surface area contributed by atoms with E-state index in [4.69, 9.17) is 10.5 Å². The summed E-state index contributed by atoms with van der Waals surface area (Å²) in [5.74, 6) is -0.0934. The van der Waals surface area contributed by atoms with Crippen molar-refractivity contribution in [3.8, 4) is 0 Å². The number of hydrogen-bond donors (Lipinski definition) is 2. The van der Waals surface area contributed by atoms with E-state index >= 15 is 0 Å². The van der Waals surface area contributed by atoms with E-state index in [0.29, 0.717) is 19.8 Å². The molecule has 16 heavy (non-hydrogen) atoms. The summed E-state index contributed by atoms with van der Waals surface area (Å²) >= 11 is 0. The minimum atomic E-state index is -0.386. The van der Waals surface area contributed by atoms with E-state index in [1.807, 2.05) is 6.92 Å². The van der Waals surface area contributed by atoms with E-state index in [2.05, 4.69) is 11.9 Å². The maximum Gasteiger partial charge on any atom is 0.236 e. The summed E-state index contributed by atoms with van der Waals surface area (Å²) in [6.45, 7) is 7.29. The second-order valence-corrected chi connectivity index (χ2v) is 3.38. The van der Waals surface area contributed by atoms with E-state index in [9.17, 15) is 4.79 Å². The van der Waals surface area contributed by atoms with Crippen LogP contribution in [0.4, 0.5) is 0 Å². The summed E-state index contributed by atoms with van der Waals surface area (Å²) in [4.78, 5) is 11.3. The van der Waals surface area contributed by atoms with Gasteiger partial charge in [0, 0.05) is 6.54 Å². The van der Waals surface area contributed by atoms with Crippen LogP contribution in [0.2, 0.25) is 0 Å². The van der Waals surface area contributed by atoms with Crippen LogP contribution < -0.4 is 11.1 Å². The van der Waals surface area contributed by atoms with Crippen molar-refractivity contribution in [2.24, 2.45) is 5.73 Å². The minimum Gasteiger partial charge on any atom is -0.379 e. The lowest BCUT2D eigenvalue weighted by Crippen LogP contribution is -2.41. The van der Waals surface area contributed by atoms with Gasteiger partial charge in [-0.1, -0.05) is 19.4 Å². The Morgan fingerprint density at radius 3 is 2.81 bits per heavy atom. The van der Waals surface area contributed by atoms with Gasteiger partial charge in [0.2, 0.25) is 5.91 Å². The molecule has 1 amide bonds. The van der Waals surface area contributed by atoms with Crippen molar-refractivity contribution in [1.82, 2.24) is 5.32 Å². The average molecular weight is 251 g/mol. The summed E-state index contributed by atoms with van der Waals surface area (Å²) in [7, 11) is 0. The van der Waals surface area contributed by atoms with Crippen LogP contribution in [0.5, 0.6) is 0 Å². The van der Waals surface area contributed by atoms with Gasteiger partial charge in [-0.15, -0.1) is 19.0 Å². The van der Waals surface area contributed by atoms with Crippen LogP contribution in [0.1, 0.15) is 26.2 Å². The van der Waals surface area contributed by atoms with Crippen molar-refractivity contribution < 1.29 is 9.53 Å². The van der Waals surface area contributed by atoms with Gasteiger partial charge in [0.05, 0.1) is 19.3 Å². The standard InChI is InChI=1S/C11H22N2O2.ClH/c1-3-5-8-15-9-7-13-11(14)10(12)6-4-2;/h3,10H,1,4-9,12H2,2H3,(H,13,14);1H. The molecule has 0 aliphatic rings. The van der Waals surface area contributed by atoms with Crippen LogP contribution in [0, 0.1) is 0 Å². The third-order valence-corrected chi connectivity index (χ3v) is 1.95. The largest absolute Gasteiger partial charge is 0.379 e. The molecule has 1 unspecified atom stereocenters. The molecule has 0 bridgehead atoms. The lowest BCUT2D eigenvalue weighted by molar-refractivity contribution is -0.122. The first-order valence-electron chi connectivity index (χ1n) is 5.44. The number of nitrogens with two attached hydrogens (primary N) is 1. The molecule has 0 aromatic carbocycles. The highest BCUT2D eigenvalue weighted by Gasteiger charge is 2.10. The van der Waals surface area contributed by atoms with Crippen LogP contribution in [-0.2, 0) is 9.53 Å². The summed E-state index contributed by atoms with van der Waals surface area (Å²) in [6, 6.07) is -0.386. The van der Waals surface area contributed by atoms with Crippen molar-refractivity contribution in [1.29, 1.82) is 0 Å². The maximum atomic E-state index is 11.3. The molecular formula is C11H23ClN2O2. The third-order valence-electron chi connectivity index (χ3n) is 1.95. The van der Waals surface area contributed by atoms with Crippen LogP contribution in [0.3, 0.4) is 0 Å². The quantitative estimate of drug-likeness (QED) is 0.478. The number of ether oxygens (including phenoxy) is 1. The Balaban J connectivity index is 0. The fraction of sp³-hybridized carbons (Fsp3) is 0.727. The number of hydrogen-bond acceptors (Lipinski definition) is 3. The topological polar surface area (TPSA) is 64.3 Å². The van der Waals surface area contributed by atoms with Gasteiger partial charge < -0.3 is 15.8 Å². The highest BCUT2D eigenvalue weighted by atomic mass is 35.5. The van der Waals surface area contributed by atoms with E-state index < -0.39 is 0 Å². The van der Waals surface area contributed by atoms with Gasteiger partial charge in [-0.2, -0.15) is 0 Å². The van der Waals surface area contributed by atoms with E-state index in [0.717, 1.165) is 19.3 Å². The smallest absolute Gasteiger partial charge is 0.236 e. The van der Waals surface area contributed by atoms with Crippen LogP contribution in [-0.4, -0.2) is 31.7 Å². The highest BCUT2D eigenvalue weighted by molar-refractivity contribution is 5.85. The molecule has 0 spiro atoms. The Kier molecular flexibility index (Phi) is 13.9. The predicted molar refractivity (Wildman–Crippen MR) is 68.8 cm³/mol. The molecule has 1 atom stereocenters. The molecule has 0 aliphatic carbocycles. The monoisotopic (exact) mass is 250 g/mol. The molecule has 0 heterocycles. The van der Waals surface area contributed by atoms with Gasteiger partial charge in [-0.25, -0.2) is 0 Å². The van der Waals surface area contributed by atoms with E-state index in [1.54, 1.807) is 6.08 Å². The number of halogens is 1. The fourth-order valence-corrected chi connectivity index (χ4v) is 1.09. The SMILES string of the molecule is C=CCCOCCNC(=O)C(N)CCC.Cl. The molecule has 3 N–H and O–H groups in total. The summed E-state index contributed by atoms with van der Waals surface area (Å²) in [5.41, 5.74) is 5.62. The average Bonchev–Trinajstić information content (AvgIpc) is 2.23. The zero-order valence-electron chi connectivity index (χ0n) is 9.91. The van der Waals surface area contributed by atoms with Gasteiger partial charge in [-0.05, 0) is 12.8 Å². The maximum absolute atomic E-state index is 11.3. The Morgan fingerprint density at radius 1 is 1.56 bits per heavy atom. The lowest BCUT2D eigenvalue weighted by Gasteiger charge is -2.10. The molecule has 5 heteroatoms. The zero-order chi connectivity index (χ0) is 11.5. The third kappa shape index (κ3) is 9.96. The normalized spacial score (nSPS) is 11.4. The van der Waals surface area contributed by atoms with Crippen LogP contribution in [0.15, 0.2) is 12.7 Å². The van der Waals surface area contributed by atoms with Gasteiger partial charge in [0.25, 0.3) is 0 Å². The van der Waals surface area contributed by atoms with Crippen molar-refractivity contribution >= 4 is 18.3 Å². The number of rotatable bonds is 9. The summed E-state index contributed by atoms with van der Waals surface area (Å²) in [6.07, 6.45) is 4.28. The Bertz CT molecular complexity index is 189. The molecule has 0 aromatic rings. The Morgan fingerprint density at radius 2 is 2.25 bits per heavy atom. The number of carbonyl (C=O) groups excluding carboxylic acids is 1. The van der Waals surface area contributed by atoms with Crippen LogP contribution >= 0.6 is 12.4 Å². The molecule has 0 aliphatic heterocycles. The van der Waals surface area contributed by atoms with E-state index in [1.165, 1.54) is 0 Å².